The fraction of sp³-hybridized carbons (Fsp3) is 0.400. The molecule has 1 aromatic carbocycles. The van der Waals surface area contributed by atoms with Gasteiger partial charge in [0.15, 0.2) is 0 Å². The average Bonchev–Trinajstić information content (AvgIpc) is 2.95. The summed E-state index contributed by atoms with van der Waals surface area (Å²) < 4.78 is 0. The highest BCUT2D eigenvalue weighted by molar-refractivity contribution is 6.12. The van der Waals surface area contributed by atoms with Crippen molar-refractivity contribution in [2.75, 3.05) is 11.9 Å². The summed E-state index contributed by atoms with van der Waals surface area (Å²) in [5, 5.41) is 9.61. The number of nitrogens with zero attached hydrogens (tertiary/aromatic N) is 1. The van der Waals surface area contributed by atoms with Gasteiger partial charge in [-0.25, -0.2) is 0 Å². The van der Waals surface area contributed by atoms with Gasteiger partial charge in [-0.2, -0.15) is 0 Å². The van der Waals surface area contributed by atoms with E-state index in [1.165, 1.54) is 0 Å². The molecule has 5 heteroatoms. The standard InChI is InChI=1S/C20H26N4O/c1-12(25)24(4)14-6-5-13-9-18(23-17(13)10-14)19(22)15-7-8-20(2,3)11-16(15)21/h5-6,9-10,22-23H,7-8,11,21H2,1-4H3. The molecule has 0 aliphatic heterocycles. The van der Waals surface area contributed by atoms with Gasteiger partial charge < -0.3 is 15.6 Å². The van der Waals surface area contributed by atoms with E-state index in [1.807, 2.05) is 24.3 Å². The van der Waals surface area contributed by atoms with Gasteiger partial charge in [0.25, 0.3) is 0 Å². The third kappa shape index (κ3) is 3.31. The van der Waals surface area contributed by atoms with Gasteiger partial charge in [0, 0.05) is 36.3 Å². The second-order valence-electron chi connectivity index (χ2n) is 7.75. The Labute approximate surface area is 148 Å². The van der Waals surface area contributed by atoms with Crippen molar-refractivity contribution in [3.63, 3.8) is 0 Å². The number of benzene rings is 1. The molecule has 1 aliphatic carbocycles. The molecule has 0 saturated heterocycles. The number of nitrogens with two attached hydrogens (primary N) is 1. The molecule has 1 heterocycles. The van der Waals surface area contributed by atoms with Gasteiger partial charge in [-0.05, 0) is 48.4 Å². The summed E-state index contributed by atoms with van der Waals surface area (Å²) in [6.45, 7) is 5.98. The quantitative estimate of drug-likeness (QED) is 0.740. The van der Waals surface area contributed by atoms with Crippen molar-refractivity contribution in [2.24, 2.45) is 11.1 Å². The number of H-pyrrole nitrogens is 1. The number of allylic oxidation sites excluding steroid dienone is 2. The maximum Gasteiger partial charge on any atom is 0.223 e. The lowest BCUT2D eigenvalue weighted by Gasteiger charge is -2.31. The van der Waals surface area contributed by atoms with Crippen LogP contribution in [0.3, 0.4) is 0 Å². The van der Waals surface area contributed by atoms with Crippen LogP contribution in [0, 0.1) is 10.8 Å². The summed E-state index contributed by atoms with van der Waals surface area (Å²) in [7, 11) is 1.75. The Morgan fingerprint density at radius 2 is 2.04 bits per heavy atom. The van der Waals surface area contributed by atoms with Crippen molar-refractivity contribution in [1.29, 1.82) is 5.41 Å². The highest BCUT2D eigenvalue weighted by Crippen LogP contribution is 2.37. The third-order valence-electron chi connectivity index (χ3n) is 5.15. The number of rotatable bonds is 3. The van der Waals surface area contributed by atoms with Gasteiger partial charge >= 0.3 is 0 Å². The van der Waals surface area contributed by atoms with Gasteiger partial charge in [0.2, 0.25) is 5.91 Å². The second-order valence-corrected chi connectivity index (χ2v) is 7.75. The Kier molecular flexibility index (Phi) is 4.19. The maximum absolute atomic E-state index is 11.6. The number of carbonyl (C=O) groups is 1. The smallest absolute Gasteiger partial charge is 0.223 e. The first-order valence-corrected chi connectivity index (χ1v) is 8.62. The highest BCUT2D eigenvalue weighted by Gasteiger charge is 2.28. The van der Waals surface area contributed by atoms with Crippen molar-refractivity contribution < 1.29 is 4.79 Å². The van der Waals surface area contributed by atoms with Gasteiger partial charge in [-0.3, -0.25) is 10.2 Å². The normalized spacial score (nSPS) is 17.0. The predicted molar refractivity (Wildman–Crippen MR) is 103 cm³/mol. The summed E-state index contributed by atoms with van der Waals surface area (Å²) in [6, 6.07) is 7.81. The molecule has 0 atom stereocenters. The van der Waals surface area contributed by atoms with E-state index in [1.54, 1.807) is 18.9 Å². The number of hydrogen-bond donors (Lipinski definition) is 3. The fourth-order valence-electron chi connectivity index (χ4n) is 3.42. The molecule has 0 spiro atoms. The lowest BCUT2D eigenvalue weighted by Crippen LogP contribution is -2.25. The molecule has 132 valence electrons. The zero-order chi connectivity index (χ0) is 18.4. The van der Waals surface area contributed by atoms with Gasteiger partial charge in [-0.1, -0.05) is 19.9 Å². The Balaban J connectivity index is 1.94. The van der Waals surface area contributed by atoms with Crippen LogP contribution in [-0.2, 0) is 4.79 Å². The molecule has 0 saturated carbocycles. The topological polar surface area (TPSA) is 86.0 Å². The summed E-state index contributed by atoms with van der Waals surface area (Å²) in [6.07, 6.45) is 2.71. The first-order chi connectivity index (χ1) is 11.7. The van der Waals surface area contributed by atoms with Gasteiger partial charge in [-0.15, -0.1) is 0 Å². The van der Waals surface area contributed by atoms with E-state index in [2.05, 4.69) is 18.8 Å². The van der Waals surface area contributed by atoms with Crippen molar-refractivity contribution >= 4 is 28.2 Å². The molecule has 4 N–H and O–H groups in total. The van der Waals surface area contributed by atoms with Crippen LogP contribution in [0.25, 0.3) is 10.9 Å². The molecule has 1 aromatic heterocycles. The molecular formula is C20H26N4O. The molecule has 2 aromatic rings. The van der Waals surface area contributed by atoms with Crippen LogP contribution in [0.2, 0.25) is 0 Å². The first-order valence-electron chi connectivity index (χ1n) is 8.62. The van der Waals surface area contributed by atoms with E-state index in [0.717, 1.165) is 52.8 Å². The van der Waals surface area contributed by atoms with Crippen molar-refractivity contribution in [3.05, 3.63) is 41.2 Å². The highest BCUT2D eigenvalue weighted by atomic mass is 16.2. The Morgan fingerprint density at radius 3 is 2.68 bits per heavy atom. The predicted octanol–water partition coefficient (Wildman–Crippen LogP) is 3.94. The number of aromatic nitrogens is 1. The van der Waals surface area contributed by atoms with E-state index in [9.17, 15) is 4.79 Å². The second kappa shape index (κ2) is 6.06. The summed E-state index contributed by atoms with van der Waals surface area (Å²) in [4.78, 5) is 16.5. The molecular weight excluding hydrogens is 312 g/mol. The van der Waals surface area contributed by atoms with Crippen molar-refractivity contribution in [1.82, 2.24) is 4.98 Å². The Morgan fingerprint density at radius 1 is 1.32 bits per heavy atom. The molecule has 3 rings (SSSR count). The van der Waals surface area contributed by atoms with E-state index >= 15 is 0 Å². The lowest BCUT2D eigenvalue weighted by atomic mass is 9.75. The monoisotopic (exact) mass is 338 g/mol. The maximum atomic E-state index is 11.6. The van der Waals surface area contributed by atoms with Crippen LogP contribution in [0.4, 0.5) is 5.69 Å². The Hall–Kier alpha value is -2.56. The molecule has 1 amide bonds. The van der Waals surface area contributed by atoms with Crippen LogP contribution < -0.4 is 10.6 Å². The third-order valence-corrected chi connectivity index (χ3v) is 5.15. The number of carbonyl (C=O) groups excluding carboxylic acids is 1. The van der Waals surface area contributed by atoms with E-state index in [-0.39, 0.29) is 11.3 Å². The van der Waals surface area contributed by atoms with Gasteiger partial charge in [0.1, 0.15) is 0 Å². The molecule has 25 heavy (non-hydrogen) atoms. The fourth-order valence-corrected chi connectivity index (χ4v) is 3.42. The van der Waals surface area contributed by atoms with Crippen molar-refractivity contribution in [2.45, 2.75) is 40.0 Å². The number of fused-ring (bicyclic) bond motifs is 1. The molecule has 1 aliphatic rings. The molecule has 0 fully saturated rings. The molecule has 0 bridgehead atoms. The number of hydrogen-bond acceptors (Lipinski definition) is 3. The average molecular weight is 338 g/mol. The minimum absolute atomic E-state index is 0.0124. The number of nitrogens with one attached hydrogen (secondary N) is 2. The van der Waals surface area contributed by atoms with E-state index in [0.29, 0.717) is 5.71 Å². The minimum Gasteiger partial charge on any atom is -0.402 e. The van der Waals surface area contributed by atoms with E-state index in [4.69, 9.17) is 11.1 Å². The van der Waals surface area contributed by atoms with Crippen LogP contribution in [0.15, 0.2) is 35.5 Å². The van der Waals surface area contributed by atoms with Crippen LogP contribution in [0.5, 0.6) is 0 Å². The number of amides is 1. The SMILES string of the molecule is CC(=O)N(C)c1ccc2cc(C(=N)C3=C(N)CC(C)(C)CC3)[nH]c2c1. The zero-order valence-electron chi connectivity index (χ0n) is 15.4. The zero-order valence-corrected chi connectivity index (χ0v) is 15.4. The minimum atomic E-state index is -0.0124. The van der Waals surface area contributed by atoms with Crippen molar-refractivity contribution in [3.8, 4) is 0 Å². The first kappa shape index (κ1) is 17.3. The lowest BCUT2D eigenvalue weighted by molar-refractivity contribution is -0.116. The number of aromatic amines is 1. The van der Waals surface area contributed by atoms with Crippen LogP contribution in [0.1, 0.15) is 45.7 Å². The summed E-state index contributed by atoms with van der Waals surface area (Å²) in [5.41, 5.74) is 11.3. The summed E-state index contributed by atoms with van der Waals surface area (Å²) in [5.74, 6) is -0.0124. The summed E-state index contributed by atoms with van der Waals surface area (Å²) >= 11 is 0. The molecule has 0 unspecified atom stereocenters. The van der Waals surface area contributed by atoms with Crippen LogP contribution in [-0.4, -0.2) is 23.7 Å². The largest absolute Gasteiger partial charge is 0.402 e. The van der Waals surface area contributed by atoms with E-state index < -0.39 is 0 Å². The molecule has 0 radical (unpaired) electrons. The Bertz CT molecular complexity index is 888. The number of anilines is 1. The van der Waals surface area contributed by atoms with Crippen LogP contribution >= 0.6 is 0 Å². The van der Waals surface area contributed by atoms with Gasteiger partial charge in [0.05, 0.1) is 11.4 Å². The molecule has 5 nitrogen and oxygen atoms in total.